The van der Waals surface area contributed by atoms with Gasteiger partial charge in [0, 0.05) is 6.61 Å². The van der Waals surface area contributed by atoms with Crippen LogP contribution in [0.1, 0.15) is 70.0 Å². The maximum Gasteiger partial charge on any atom is 0.305 e. The van der Waals surface area contributed by atoms with E-state index in [-0.39, 0.29) is 30.3 Å². The summed E-state index contributed by atoms with van der Waals surface area (Å²) in [4.78, 5) is 23.5. The van der Waals surface area contributed by atoms with Gasteiger partial charge in [0.15, 0.2) is 0 Å². The van der Waals surface area contributed by atoms with Gasteiger partial charge in [-0.25, -0.2) is 0 Å². The monoisotopic (exact) mass is 347 g/mol. The SMILES string of the molecule is CC(C)(C)c1ccc(C(CC(=O)O)NC(=O)CC2CCCCO2)cc1. The lowest BCUT2D eigenvalue weighted by atomic mass is 9.86. The van der Waals surface area contributed by atoms with E-state index >= 15 is 0 Å². The summed E-state index contributed by atoms with van der Waals surface area (Å²) in [7, 11) is 0. The van der Waals surface area contributed by atoms with E-state index in [4.69, 9.17) is 4.74 Å². The molecule has 2 rings (SSSR count). The Morgan fingerprint density at radius 3 is 2.44 bits per heavy atom. The zero-order chi connectivity index (χ0) is 18.4. The zero-order valence-corrected chi connectivity index (χ0v) is 15.4. The number of carboxylic acid groups (broad SMARTS) is 1. The number of carboxylic acids is 1. The predicted octanol–water partition coefficient (Wildman–Crippen LogP) is 3.58. The number of nitrogens with one attached hydrogen (secondary N) is 1. The average Bonchev–Trinajstić information content (AvgIpc) is 2.54. The molecule has 1 fully saturated rings. The van der Waals surface area contributed by atoms with E-state index in [1.165, 1.54) is 5.56 Å². The Labute approximate surface area is 149 Å². The summed E-state index contributed by atoms with van der Waals surface area (Å²) in [6.07, 6.45) is 3.10. The Morgan fingerprint density at radius 2 is 1.92 bits per heavy atom. The number of ether oxygens (including phenoxy) is 1. The third-order valence-corrected chi connectivity index (χ3v) is 4.58. The Morgan fingerprint density at radius 1 is 1.24 bits per heavy atom. The summed E-state index contributed by atoms with van der Waals surface area (Å²) in [6.45, 7) is 7.08. The van der Waals surface area contributed by atoms with Gasteiger partial charge in [0.05, 0.1) is 25.0 Å². The molecular weight excluding hydrogens is 318 g/mol. The molecule has 1 amide bonds. The minimum Gasteiger partial charge on any atom is -0.481 e. The number of amides is 1. The molecule has 2 atom stereocenters. The molecule has 1 aromatic carbocycles. The highest BCUT2D eigenvalue weighted by Gasteiger charge is 2.23. The number of aliphatic carboxylic acids is 1. The fraction of sp³-hybridized carbons (Fsp3) is 0.600. The maximum absolute atomic E-state index is 12.3. The predicted molar refractivity (Wildman–Crippen MR) is 96.5 cm³/mol. The van der Waals surface area contributed by atoms with Crippen LogP contribution in [0.2, 0.25) is 0 Å². The largest absolute Gasteiger partial charge is 0.481 e. The zero-order valence-electron chi connectivity index (χ0n) is 15.4. The summed E-state index contributed by atoms with van der Waals surface area (Å²) in [5.74, 6) is -1.09. The van der Waals surface area contributed by atoms with Gasteiger partial charge in [0.2, 0.25) is 5.91 Å². The number of carbonyl (C=O) groups excluding carboxylic acids is 1. The van der Waals surface area contributed by atoms with Crippen LogP contribution in [-0.2, 0) is 19.7 Å². The minimum atomic E-state index is -0.931. The van der Waals surface area contributed by atoms with Crippen LogP contribution >= 0.6 is 0 Å². The van der Waals surface area contributed by atoms with Gasteiger partial charge in [-0.15, -0.1) is 0 Å². The van der Waals surface area contributed by atoms with Crippen LogP contribution in [0.25, 0.3) is 0 Å². The quantitative estimate of drug-likeness (QED) is 0.825. The summed E-state index contributed by atoms with van der Waals surface area (Å²) in [5.41, 5.74) is 2.02. The average molecular weight is 347 g/mol. The van der Waals surface area contributed by atoms with Gasteiger partial charge in [-0.1, -0.05) is 45.0 Å². The fourth-order valence-corrected chi connectivity index (χ4v) is 3.07. The third kappa shape index (κ3) is 6.16. The van der Waals surface area contributed by atoms with E-state index in [0.717, 1.165) is 24.8 Å². The van der Waals surface area contributed by atoms with Crippen molar-refractivity contribution in [1.29, 1.82) is 0 Å². The maximum atomic E-state index is 12.3. The second-order valence-corrected chi connectivity index (χ2v) is 7.78. The van der Waals surface area contributed by atoms with Crippen molar-refractivity contribution in [3.8, 4) is 0 Å². The van der Waals surface area contributed by atoms with Gasteiger partial charge in [-0.05, 0) is 35.8 Å². The normalized spacial score (nSPS) is 19.2. The van der Waals surface area contributed by atoms with Crippen LogP contribution in [0, 0.1) is 0 Å². The lowest BCUT2D eigenvalue weighted by Gasteiger charge is -2.24. The lowest BCUT2D eigenvalue weighted by Crippen LogP contribution is -2.34. The van der Waals surface area contributed by atoms with Crippen molar-refractivity contribution in [3.05, 3.63) is 35.4 Å². The van der Waals surface area contributed by atoms with E-state index in [9.17, 15) is 14.7 Å². The molecule has 0 saturated carbocycles. The van der Waals surface area contributed by atoms with Crippen molar-refractivity contribution in [1.82, 2.24) is 5.32 Å². The first kappa shape index (κ1) is 19.4. The lowest BCUT2D eigenvalue weighted by molar-refractivity contribution is -0.137. The highest BCUT2D eigenvalue weighted by molar-refractivity contribution is 5.78. The first-order chi connectivity index (χ1) is 11.8. The van der Waals surface area contributed by atoms with Crippen molar-refractivity contribution in [2.24, 2.45) is 0 Å². The van der Waals surface area contributed by atoms with E-state index in [1.807, 2.05) is 24.3 Å². The molecule has 25 heavy (non-hydrogen) atoms. The van der Waals surface area contributed by atoms with Crippen LogP contribution in [0.5, 0.6) is 0 Å². The van der Waals surface area contributed by atoms with Gasteiger partial charge < -0.3 is 15.2 Å². The van der Waals surface area contributed by atoms with Crippen LogP contribution in [0.3, 0.4) is 0 Å². The topological polar surface area (TPSA) is 75.6 Å². The molecule has 0 aliphatic carbocycles. The van der Waals surface area contributed by atoms with Gasteiger partial charge >= 0.3 is 5.97 Å². The van der Waals surface area contributed by atoms with Gasteiger partial charge in [-0.3, -0.25) is 9.59 Å². The molecule has 138 valence electrons. The molecule has 5 nitrogen and oxygen atoms in total. The van der Waals surface area contributed by atoms with E-state index in [0.29, 0.717) is 6.61 Å². The highest BCUT2D eigenvalue weighted by atomic mass is 16.5. The Balaban J connectivity index is 2.04. The standard InChI is InChI=1S/C20H29NO4/c1-20(2,3)15-9-7-14(8-10-15)17(13-19(23)24)21-18(22)12-16-6-4-5-11-25-16/h7-10,16-17H,4-6,11-13H2,1-3H3,(H,21,22)(H,23,24). The van der Waals surface area contributed by atoms with E-state index in [2.05, 4.69) is 26.1 Å². The molecule has 1 aromatic rings. The number of benzene rings is 1. The Hall–Kier alpha value is -1.88. The third-order valence-electron chi connectivity index (χ3n) is 4.58. The molecular formula is C20H29NO4. The van der Waals surface area contributed by atoms with Crippen molar-refractivity contribution in [2.75, 3.05) is 6.61 Å². The second-order valence-electron chi connectivity index (χ2n) is 7.78. The van der Waals surface area contributed by atoms with Crippen LogP contribution in [-0.4, -0.2) is 29.7 Å². The molecule has 1 aliphatic heterocycles. The van der Waals surface area contributed by atoms with E-state index in [1.54, 1.807) is 0 Å². The van der Waals surface area contributed by atoms with Crippen molar-refractivity contribution in [2.45, 2.75) is 70.4 Å². The summed E-state index contributed by atoms with van der Waals surface area (Å²) >= 11 is 0. The Kier molecular flexibility index (Phi) is 6.59. The van der Waals surface area contributed by atoms with Gasteiger partial charge in [0.1, 0.15) is 0 Å². The number of hydrogen-bond donors (Lipinski definition) is 2. The van der Waals surface area contributed by atoms with Crippen LogP contribution < -0.4 is 5.32 Å². The number of hydrogen-bond acceptors (Lipinski definition) is 3. The molecule has 0 bridgehead atoms. The highest BCUT2D eigenvalue weighted by Crippen LogP contribution is 2.25. The molecule has 1 saturated heterocycles. The first-order valence-electron chi connectivity index (χ1n) is 8.99. The molecule has 0 aromatic heterocycles. The van der Waals surface area contributed by atoms with Gasteiger partial charge in [0.25, 0.3) is 0 Å². The molecule has 2 N–H and O–H groups in total. The summed E-state index contributed by atoms with van der Waals surface area (Å²) in [6, 6.07) is 7.29. The first-order valence-corrected chi connectivity index (χ1v) is 8.99. The van der Waals surface area contributed by atoms with Crippen LogP contribution in [0.15, 0.2) is 24.3 Å². The fourth-order valence-electron chi connectivity index (χ4n) is 3.07. The van der Waals surface area contributed by atoms with E-state index < -0.39 is 12.0 Å². The Bertz CT molecular complexity index is 583. The summed E-state index contributed by atoms with van der Waals surface area (Å²) < 4.78 is 5.59. The minimum absolute atomic E-state index is 0.0302. The van der Waals surface area contributed by atoms with Crippen molar-refractivity contribution < 1.29 is 19.4 Å². The second kappa shape index (κ2) is 8.48. The smallest absolute Gasteiger partial charge is 0.305 e. The molecule has 1 aliphatic rings. The number of rotatable bonds is 6. The number of carbonyl (C=O) groups is 2. The molecule has 0 spiro atoms. The van der Waals surface area contributed by atoms with Crippen molar-refractivity contribution in [3.63, 3.8) is 0 Å². The van der Waals surface area contributed by atoms with Crippen molar-refractivity contribution >= 4 is 11.9 Å². The molecule has 2 unspecified atom stereocenters. The van der Waals surface area contributed by atoms with Gasteiger partial charge in [-0.2, -0.15) is 0 Å². The molecule has 1 heterocycles. The molecule has 0 radical (unpaired) electrons. The molecule has 5 heteroatoms. The summed E-state index contributed by atoms with van der Waals surface area (Å²) in [5, 5.41) is 12.1. The van der Waals surface area contributed by atoms with Crippen LogP contribution in [0.4, 0.5) is 0 Å².